The van der Waals surface area contributed by atoms with Gasteiger partial charge in [0.1, 0.15) is 17.0 Å². The van der Waals surface area contributed by atoms with Crippen LogP contribution in [0.15, 0.2) is 36.0 Å². The van der Waals surface area contributed by atoms with E-state index in [0.717, 1.165) is 34.3 Å². The number of nitrogens with zero attached hydrogens (tertiary/aromatic N) is 3. The van der Waals surface area contributed by atoms with Crippen LogP contribution >= 0.6 is 11.3 Å². The standard InChI is InChI=1S/C24H21N3O3S/c1-4-27-14-17(18-8-6-7-9-20(18)27)10-16(12-25)21(28)11-22-19(13-26)15(3)23(31-22)24(29)30-5-2/h6-10,14H,4-5,11H2,1-3H3/b16-10+. The van der Waals surface area contributed by atoms with E-state index >= 15 is 0 Å². The van der Waals surface area contributed by atoms with Crippen LogP contribution in [0.4, 0.5) is 0 Å². The number of benzene rings is 1. The first-order chi connectivity index (χ1) is 14.9. The summed E-state index contributed by atoms with van der Waals surface area (Å²) < 4.78 is 7.10. The average Bonchev–Trinajstić information content (AvgIpc) is 3.28. The first-order valence-corrected chi connectivity index (χ1v) is 10.7. The van der Waals surface area contributed by atoms with Crippen molar-refractivity contribution >= 4 is 40.1 Å². The van der Waals surface area contributed by atoms with Crippen LogP contribution in [0.25, 0.3) is 17.0 Å². The minimum Gasteiger partial charge on any atom is -0.462 e. The second-order valence-corrected chi connectivity index (χ2v) is 7.95. The van der Waals surface area contributed by atoms with Gasteiger partial charge in [-0.2, -0.15) is 10.5 Å². The Bertz CT molecular complexity index is 1280. The van der Waals surface area contributed by atoms with Crippen molar-refractivity contribution in [1.82, 2.24) is 4.57 Å². The third-order valence-corrected chi connectivity index (χ3v) is 6.27. The van der Waals surface area contributed by atoms with E-state index in [1.165, 1.54) is 0 Å². The Hall–Kier alpha value is -3.68. The quantitative estimate of drug-likeness (QED) is 0.304. The average molecular weight is 432 g/mol. The lowest BCUT2D eigenvalue weighted by molar-refractivity contribution is -0.114. The number of para-hydroxylation sites is 1. The van der Waals surface area contributed by atoms with Gasteiger partial charge in [-0.05, 0) is 38.5 Å². The number of carbonyl (C=O) groups excluding carboxylic acids is 2. The molecule has 0 saturated heterocycles. The van der Waals surface area contributed by atoms with E-state index in [1.807, 2.05) is 43.5 Å². The highest BCUT2D eigenvalue weighted by molar-refractivity contribution is 7.14. The maximum atomic E-state index is 12.9. The molecule has 1 aromatic carbocycles. The molecule has 0 amide bonds. The smallest absolute Gasteiger partial charge is 0.348 e. The largest absolute Gasteiger partial charge is 0.462 e. The minimum absolute atomic E-state index is 0.00614. The van der Waals surface area contributed by atoms with E-state index in [1.54, 1.807) is 19.9 Å². The molecule has 0 fully saturated rings. The van der Waals surface area contributed by atoms with E-state index < -0.39 is 11.8 Å². The second kappa shape index (κ2) is 9.42. The molecule has 2 heterocycles. The Balaban J connectivity index is 1.97. The van der Waals surface area contributed by atoms with Crippen LogP contribution in [-0.4, -0.2) is 22.9 Å². The Kier molecular flexibility index (Phi) is 6.69. The summed E-state index contributed by atoms with van der Waals surface area (Å²) in [6.07, 6.45) is 3.39. The lowest BCUT2D eigenvalue weighted by Gasteiger charge is -1.99. The van der Waals surface area contributed by atoms with E-state index in [4.69, 9.17) is 4.74 Å². The molecule has 0 aliphatic rings. The predicted molar refractivity (Wildman–Crippen MR) is 120 cm³/mol. The number of ketones is 1. The minimum atomic E-state index is -0.511. The number of esters is 1. The molecule has 0 N–H and O–H groups in total. The molecule has 6 nitrogen and oxygen atoms in total. The molecule has 156 valence electrons. The number of carbonyl (C=O) groups is 2. The number of hydrogen-bond acceptors (Lipinski definition) is 6. The maximum Gasteiger partial charge on any atom is 0.348 e. The molecule has 0 unspecified atom stereocenters. The molecular formula is C24H21N3O3S. The number of rotatable bonds is 7. The molecule has 0 spiro atoms. The molecule has 7 heteroatoms. The Morgan fingerprint density at radius 3 is 2.61 bits per heavy atom. The van der Waals surface area contributed by atoms with Gasteiger partial charge in [0.05, 0.1) is 17.7 Å². The van der Waals surface area contributed by atoms with E-state index in [9.17, 15) is 20.1 Å². The summed E-state index contributed by atoms with van der Waals surface area (Å²) in [6.45, 7) is 6.38. The topological polar surface area (TPSA) is 95.9 Å². The molecule has 0 atom stereocenters. The summed E-state index contributed by atoms with van der Waals surface area (Å²) in [5.41, 5.74) is 2.62. The van der Waals surface area contributed by atoms with Crippen LogP contribution in [0.5, 0.6) is 0 Å². The second-order valence-electron chi connectivity index (χ2n) is 6.84. The number of allylic oxidation sites excluding steroid dienone is 1. The van der Waals surface area contributed by atoms with Gasteiger partial charge in [0, 0.05) is 40.5 Å². The van der Waals surface area contributed by atoms with E-state index in [2.05, 4.69) is 10.6 Å². The van der Waals surface area contributed by atoms with Gasteiger partial charge < -0.3 is 9.30 Å². The molecule has 0 radical (unpaired) electrons. The van der Waals surface area contributed by atoms with Crippen molar-refractivity contribution in [2.45, 2.75) is 33.7 Å². The molecule has 0 bridgehead atoms. The fraction of sp³-hybridized carbons (Fsp3) is 0.250. The molecule has 31 heavy (non-hydrogen) atoms. The van der Waals surface area contributed by atoms with Crippen molar-refractivity contribution in [3.8, 4) is 12.1 Å². The maximum absolute atomic E-state index is 12.9. The summed E-state index contributed by atoms with van der Waals surface area (Å²) in [4.78, 5) is 25.9. The van der Waals surface area contributed by atoms with Gasteiger partial charge >= 0.3 is 5.97 Å². The molecule has 0 aliphatic heterocycles. The lowest BCUT2D eigenvalue weighted by atomic mass is 10.0. The van der Waals surface area contributed by atoms with Gasteiger partial charge in [-0.1, -0.05) is 18.2 Å². The van der Waals surface area contributed by atoms with Crippen molar-refractivity contribution in [3.63, 3.8) is 0 Å². The Labute approximate surface area is 184 Å². The van der Waals surface area contributed by atoms with Crippen molar-refractivity contribution in [3.05, 3.63) is 62.5 Å². The highest BCUT2D eigenvalue weighted by Gasteiger charge is 2.23. The fourth-order valence-corrected chi connectivity index (χ4v) is 4.61. The monoisotopic (exact) mass is 431 g/mol. The summed E-state index contributed by atoms with van der Waals surface area (Å²) in [6, 6.07) is 11.9. The Morgan fingerprint density at radius 2 is 1.97 bits per heavy atom. The number of ether oxygens (including phenoxy) is 1. The highest BCUT2D eigenvalue weighted by atomic mass is 32.1. The van der Waals surface area contributed by atoms with Gasteiger partial charge in [-0.3, -0.25) is 4.79 Å². The van der Waals surface area contributed by atoms with Crippen molar-refractivity contribution < 1.29 is 14.3 Å². The zero-order valence-corrected chi connectivity index (χ0v) is 18.4. The number of Topliss-reactive ketones (excluding diaryl/α,β-unsaturated/α-hetero) is 1. The summed E-state index contributed by atoms with van der Waals surface area (Å²) >= 11 is 1.07. The van der Waals surface area contributed by atoms with Gasteiger partial charge in [0.2, 0.25) is 0 Å². The lowest BCUT2D eigenvalue weighted by Crippen LogP contribution is -2.05. The van der Waals surface area contributed by atoms with Crippen LogP contribution < -0.4 is 0 Å². The third-order valence-electron chi connectivity index (χ3n) is 4.99. The van der Waals surface area contributed by atoms with Crippen LogP contribution in [-0.2, 0) is 22.5 Å². The third kappa shape index (κ3) is 4.28. The van der Waals surface area contributed by atoms with Crippen LogP contribution in [0.2, 0.25) is 0 Å². The summed E-state index contributed by atoms with van der Waals surface area (Å²) in [5.74, 6) is -0.910. The van der Waals surface area contributed by atoms with Gasteiger partial charge in [-0.25, -0.2) is 4.79 Å². The molecule has 0 aliphatic carbocycles. The first kappa shape index (κ1) is 22.0. The normalized spacial score (nSPS) is 11.2. The van der Waals surface area contributed by atoms with Gasteiger partial charge in [0.25, 0.3) is 0 Å². The van der Waals surface area contributed by atoms with Crippen molar-refractivity contribution in [2.24, 2.45) is 0 Å². The molecule has 2 aromatic heterocycles. The number of nitriles is 2. The SMILES string of the molecule is CCOC(=O)c1sc(CC(=O)/C(C#N)=C/c2cn(CC)c3ccccc23)c(C#N)c1C. The number of thiophene rings is 1. The molecule has 3 rings (SSSR count). The highest BCUT2D eigenvalue weighted by Crippen LogP contribution is 2.30. The number of aryl methyl sites for hydroxylation is 1. The van der Waals surface area contributed by atoms with E-state index in [-0.39, 0.29) is 18.6 Å². The first-order valence-electron chi connectivity index (χ1n) is 9.87. The van der Waals surface area contributed by atoms with Gasteiger partial charge in [-0.15, -0.1) is 11.3 Å². The predicted octanol–water partition coefficient (Wildman–Crippen LogP) is 4.80. The van der Waals surface area contributed by atoms with Crippen LogP contribution in [0, 0.1) is 29.6 Å². The number of fused-ring (bicyclic) bond motifs is 1. The zero-order valence-electron chi connectivity index (χ0n) is 17.6. The summed E-state index contributed by atoms with van der Waals surface area (Å²) in [5, 5.41) is 20.1. The fourth-order valence-electron chi connectivity index (χ4n) is 3.46. The molecule has 3 aromatic rings. The van der Waals surface area contributed by atoms with Crippen molar-refractivity contribution in [1.29, 1.82) is 10.5 Å². The summed E-state index contributed by atoms with van der Waals surface area (Å²) in [7, 11) is 0. The zero-order chi connectivity index (χ0) is 22.5. The number of aromatic nitrogens is 1. The van der Waals surface area contributed by atoms with Crippen molar-refractivity contribution in [2.75, 3.05) is 6.61 Å². The van der Waals surface area contributed by atoms with Crippen LogP contribution in [0.3, 0.4) is 0 Å². The molecular weight excluding hydrogens is 410 g/mol. The number of hydrogen-bond donors (Lipinski definition) is 0. The molecule has 0 saturated carbocycles. The van der Waals surface area contributed by atoms with Gasteiger partial charge in [0.15, 0.2) is 5.78 Å². The van der Waals surface area contributed by atoms with Crippen LogP contribution in [0.1, 0.15) is 45.1 Å². The van der Waals surface area contributed by atoms with E-state index in [0.29, 0.717) is 20.9 Å². The Morgan fingerprint density at radius 1 is 1.23 bits per heavy atom.